The molecule has 29 heavy (non-hydrogen) atoms. The van der Waals surface area contributed by atoms with Crippen molar-refractivity contribution in [3.63, 3.8) is 0 Å². The minimum absolute atomic E-state index is 0.0958. The number of rotatable bonds is 8. The standard InChI is InChI=1S/C19H28F3N5O2/c1-3-23-18(26-15-7-10-27(12-15)13-19(20,21)22)25-9-8-24-17(28)14-5-4-6-16(11-14)29-2/h4-6,11,15H,3,7-10,12-13H2,1-2H3,(H,24,28)(H2,23,25,26). The average molecular weight is 415 g/mol. The van der Waals surface area contributed by atoms with Gasteiger partial charge in [-0.2, -0.15) is 13.2 Å². The number of nitrogens with zero attached hydrogens (tertiary/aromatic N) is 2. The van der Waals surface area contributed by atoms with Crippen molar-refractivity contribution in [2.24, 2.45) is 4.99 Å². The molecule has 0 aromatic heterocycles. The van der Waals surface area contributed by atoms with E-state index in [1.165, 1.54) is 12.0 Å². The summed E-state index contributed by atoms with van der Waals surface area (Å²) in [6.45, 7) is 3.02. The third-order valence-electron chi connectivity index (χ3n) is 4.36. The van der Waals surface area contributed by atoms with Crippen LogP contribution < -0.4 is 20.7 Å². The Balaban J connectivity index is 1.79. The van der Waals surface area contributed by atoms with Crippen LogP contribution in [0.5, 0.6) is 5.75 Å². The summed E-state index contributed by atoms with van der Waals surface area (Å²) in [6, 6.07) is 6.75. The lowest BCUT2D eigenvalue weighted by Crippen LogP contribution is -2.45. The predicted octanol–water partition coefficient (Wildman–Crippen LogP) is 1.62. The van der Waals surface area contributed by atoms with E-state index in [1.54, 1.807) is 24.3 Å². The normalized spacial score (nSPS) is 17.8. The van der Waals surface area contributed by atoms with E-state index in [0.717, 1.165) is 0 Å². The molecule has 1 aromatic carbocycles. The molecule has 0 spiro atoms. The average Bonchev–Trinajstić information content (AvgIpc) is 3.10. The van der Waals surface area contributed by atoms with Crippen LogP contribution in [-0.4, -0.2) is 75.4 Å². The van der Waals surface area contributed by atoms with E-state index in [-0.39, 0.29) is 11.9 Å². The summed E-state index contributed by atoms with van der Waals surface area (Å²) in [4.78, 5) is 17.9. The Morgan fingerprint density at radius 3 is 2.83 bits per heavy atom. The maximum absolute atomic E-state index is 12.5. The van der Waals surface area contributed by atoms with Crippen LogP contribution in [-0.2, 0) is 0 Å². The first-order valence-corrected chi connectivity index (χ1v) is 9.57. The van der Waals surface area contributed by atoms with Crippen LogP contribution in [0.3, 0.4) is 0 Å². The van der Waals surface area contributed by atoms with Gasteiger partial charge in [-0.25, -0.2) is 0 Å². The highest BCUT2D eigenvalue weighted by Crippen LogP contribution is 2.19. The molecule has 0 bridgehead atoms. The topological polar surface area (TPSA) is 78.0 Å². The molecule has 1 heterocycles. The zero-order valence-corrected chi connectivity index (χ0v) is 16.7. The maximum Gasteiger partial charge on any atom is 0.401 e. The molecular formula is C19H28F3N5O2. The van der Waals surface area contributed by atoms with Gasteiger partial charge >= 0.3 is 6.18 Å². The molecule has 162 valence electrons. The molecule has 1 saturated heterocycles. The van der Waals surface area contributed by atoms with Gasteiger partial charge in [-0.05, 0) is 31.5 Å². The molecule has 1 amide bonds. The molecular weight excluding hydrogens is 387 g/mol. The van der Waals surface area contributed by atoms with Crippen molar-refractivity contribution in [2.45, 2.75) is 25.6 Å². The van der Waals surface area contributed by atoms with Gasteiger partial charge in [0.25, 0.3) is 5.91 Å². The number of nitrogens with one attached hydrogen (secondary N) is 3. The van der Waals surface area contributed by atoms with Gasteiger partial charge in [0, 0.05) is 37.8 Å². The van der Waals surface area contributed by atoms with E-state index >= 15 is 0 Å². The molecule has 0 saturated carbocycles. The number of likely N-dealkylation sites (tertiary alicyclic amines) is 1. The van der Waals surface area contributed by atoms with Gasteiger partial charge in [0.05, 0.1) is 20.2 Å². The number of ether oxygens (including phenoxy) is 1. The first-order chi connectivity index (χ1) is 13.8. The second-order valence-electron chi connectivity index (χ2n) is 6.73. The fourth-order valence-electron chi connectivity index (χ4n) is 3.06. The first-order valence-electron chi connectivity index (χ1n) is 9.57. The number of alkyl halides is 3. The van der Waals surface area contributed by atoms with E-state index in [2.05, 4.69) is 20.9 Å². The smallest absolute Gasteiger partial charge is 0.401 e. The lowest BCUT2D eigenvalue weighted by atomic mass is 10.2. The summed E-state index contributed by atoms with van der Waals surface area (Å²) in [5.41, 5.74) is 0.495. The summed E-state index contributed by atoms with van der Waals surface area (Å²) in [7, 11) is 1.54. The summed E-state index contributed by atoms with van der Waals surface area (Å²) in [5, 5.41) is 9.03. The third kappa shape index (κ3) is 8.18. The fourth-order valence-corrected chi connectivity index (χ4v) is 3.06. The minimum atomic E-state index is -4.19. The number of carbonyl (C=O) groups is 1. The van der Waals surface area contributed by atoms with Gasteiger partial charge in [-0.15, -0.1) is 0 Å². The van der Waals surface area contributed by atoms with Crippen molar-refractivity contribution in [2.75, 3.05) is 46.4 Å². The predicted molar refractivity (Wildman–Crippen MR) is 105 cm³/mol. The van der Waals surface area contributed by atoms with Gasteiger partial charge < -0.3 is 20.7 Å². The molecule has 1 unspecified atom stereocenters. The SMILES string of the molecule is CCNC(=NCCNC(=O)c1cccc(OC)c1)NC1CCN(CC(F)(F)F)C1. The van der Waals surface area contributed by atoms with Crippen LogP contribution in [0, 0.1) is 0 Å². The monoisotopic (exact) mass is 415 g/mol. The highest BCUT2D eigenvalue weighted by atomic mass is 19.4. The van der Waals surface area contributed by atoms with E-state index in [4.69, 9.17) is 4.74 Å². The number of carbonyl (C=O) groups excluding carboxylic acids is 1. The number of hydrogen-bond acceptors (Lipinski definition) is 4. The minimum Gasteiger partial charge on any atom is -0.497 e. The summed E-state index contributed by atoms with van der Waals surface area (Å²) in [6.07, 6.45) is -3.57. The van der Waals surface area contributed by atoms with Crippen LogP contribution in [0.4, 0.5) is 13.2 Å². The van der Waals surface area contributed by atoms with Gasteiger partial charge in [0.1, 0.15) is 5.75 Å². The Labute approximate surface area is 168 Å². The number of benzene rings is 1. The highest BCUT2D eigenvalue weighted by molar-refractivity contribution is 5.94. The van der Waals surface area contributed by atoms with Gasteiger partial charge in [-0.1, -0.05) is 6.07 Å². The molecule has 10 heteroatoms. The molecule has 1 aliphatic rings. The van der Waals surface area contributed by atoms with Crippen molar-refractivity contribution >= 4 is 11.9 Å². The Hall–Kier alpha value is -2.49. The number of guanidine groups is 1. The van der Waals surface area contributed by atoms with Crippen molar-refractivity contribution in [3.05, 3.63) is 29.8 Å². The van der Waals surface area contributed by atoms with Gasteiger partial charge in [-0.3, -0.25) is 14.7 Å². The highest BCUT2D eigenvalue weighted by Gasteiger charge is 2.34. The molecule has 1 aromatic rings. The summed E-state index contributed by atoms with van der Waals surface area (Å²) >= 11 is 0. The van der Waals surface area contributed by atoms with Gasteiger partial charge in [0.15, 0.2) is 5.96 Å². The lowest BCUT2D eigenvalue weighted by Gasteiger charge is -2.19. The second kappa shape index (κ2) is 10.9. The van der Waals surface area contributed by atoms with E-state index in [1.807, 2.05) is 6.92 Å². The van der Waals surface area contributed by atoms with Crippen LogP contribution in [0.15, 0.2) is 29.3 Å². The van der Waals surface area contributed by atoms with Crippen LogP contribution >= 0.6 is 0 Å². The van der Waals surface area contributed by atoms with E-state index < -0.39 is 12.7 Å². The number of amides is 1. The molecule has 1 atom stereocenters. The number of halogens is 3. The Kier molecular flexibility index (Phi) is 8.56. The third-order valence-corrected chi connectivity index (χ3v) is 4.36. The fraction of sp³-hybridized carbons (Fsp3) is 0.579. The van der Waals surface area contributed by atoms with Crippen LogP contribution in [0.25, 0.3) is 0 Å². The maximum atomic E-state index is 12.5. The molecule has 0 radical (unpaired) electrons. The second-order valence-corrected chi connectivity index (χ2v) is 6.73. The van der Waals surface area contributed by atoms with Crippen molar-refractivity contribution in [3.8, 4) is 5.75 Å². The Morgan fingerprint density at radius 2 is 2.14 bits per heavy atom. The number of aliphatic imine (C=N–C) groups is 1. The summed E-state index contributed by atoms with van der Waals surface area (Å²) in [5.74, 6) is 0.906. The van der Waals surface area contributed by atoms with Crippen molar-refractivity contribution < 1.29 is 22.7 Å². The van der Waals surface area contributed by atoms with Crippen molar-refractivity contribution in [1.29, 1.82) is 0 Å². The van der Waals surface area contributed by atoms with Crippen molar-refractivity contribution in [1.82, 2.24) is 20.9 Å². The number of methoxy groups -OCH3 is 1. The quantitative estimate of drug-likeness (QED) is 0.342. The molecule has 7 nitrogen and oxygen atoms in total. The van der Waals surface area contributed by atoms with Crippen LogP contribution in [0.2, 0.25) is 0 Å². The van der Waals surface area contributed by atoms with Crippen LogP contribution in [0.1, 0.15) is 23.7 Å². The summed E-state index contributed by atoms with van der Waals surface area (Å²) < 4.78 is 42.6. The lowest BCUT2D eigenvalue weighted by molar-refractivity contribution is -0.143. The molecule has 1 aliphatic heterocycles. The first kappa shape index (κ1) is 22.8. The Morgan fingerprint density at radius 1 is 1.34 bits per heavy atom. The van der Waals surface area contributed by atoms with E-state index in [9.17, 15) is 18.0 Å². The zero-order valence-electron chi connectivity index (χ0n) is 16.7. The molecule has 1 fully saturated rings. The molecule has 0 aliphatic carbocycles. The number of hydrogen-bond donors (Lipinski definition) is 3. The van der Waals surface area contributed by atoms with Gasteiger partial charge in [0.2, 0.25) is 0 Å². The Bertz CT molecular complexity index is 697. The largest absolute Gasteiger partial charge is 0.497 e. The molecule has 3 N–H and O–H groups in total. The molecule has 2 rings (SSSR count). The zero-order chi connectivity index (χ0) is 21.3. The van der Waals surface area contributed by atoms with E-state index in [0.29, 0.717) is 56.4 Å².